The van der Waals surface area contributed by atoms with E-state index in [2.05, 4.69) is 31.2 Å². The Balaban J connectivity index is 2.37. The fraction of sp³-hybridized carbons (Fsp3) is 1.00. The molecule has 1 fully saturated rings. The Morgan fingerprint density at radius 3 is 2.64 bits per heavy atom. The summed E-state index contributed by atoms with van der Waals surface area (Å²) in [6.45, 7) is 4.53. The Kier molecular flexibility index (Phi) is 4.35. The van der Waals surface area contributed by atoms with Gasteiger partial charge >= 0.3 is 0 Å². The van der Waals surface area contributed by atoms with Crippen molar-refractivity contribution in [3.05, 3.63) is 0 Å². The molecular weight excluding hydrogens is 176 g/mol. The standard InChI is InChI=1S/C11H24N2O/c1-10-5-4-6-11(10,9-14)12-7-8-13(2)3/h10,12,14H,4-9H2,1-3H3. The van der Waals surface area contributed by atoms with Crippen LogP contribution in [0.5, 0.6) is 0 Å². The molecule has 0 spiro atoms. The first-order chi connectivity index (χ1) is 6.60. The fourth-order valence-corrected chi connectivity index (χ4v) is 2.33. The summed E-state index contributed by atoms with van der Waals surface area (Å²) >= 11 is 0. The second kappa shape index (κ2) is 5.10. The van der Waals surface area contributed by atoms with Crippen molar-refractivity contribution in [1.82, 2.24) is 10.2 Å². The van der Waals surface area contributed by atoms with Crippen LogP contribution in [0.2, 0.25) is 0 Å². The van der Waals surface area contributed by atoms with Gasteiger partial charge in [-0.05, 0) is 32.9 Å². The van der Waals surface area contributed by atoms with E-state index in [1.807, 2.05) is 0 Å². The predicted molar refractivity (Wildman–Crippen MR) is 59.4 cm³/mol. The van der Waals surface area contributed by atoms with Crippen molar-refractivity contribution in [3.63, 3.8) is 0 Å². The fourth-order valence-electron chi connectivity index (χ4n) is 2.33. The van der Waals surface area contributed by atoms with Crippen LogP contribution < -0.4 is 5.32 Å². The molecule has 0 bridgehead atoms. The molecule has 0 radical (unpaired) electrons. The topological polar surface area (TPSA) is 35.5 Å². The minimum absolute atomic E-state index is 0.00993. The van der Waals surface area contributed by atoms with E-state index in [-0.39, 0.29) is 12.1 Å². The number of hydrogen-bond donors (Lipinski definition) is 2. The molecule has 1 aliphatic rings. The maximum Gasteiger partial charge on any atom is 0.0615 e. The quantitative estimate of drug-likeness (QED) is 0.685. The van der Waals surface area contributed by atoms with Gasteiger partial charge in [0.15, 0.2) is 0 Å². The van der Waals surface area contributed by atoms with Crippen molar-refractivity contribution in [1.29, 1.82) is 0 Å². The molecule has 0 saturated heterocycles. The largest absolute Gasteiger partial charge is 0.394 e. The number of aliphatic hydroxyl groups excluding tert-OH is 1. The van der Waals surface area contributed by atoms with Crippen LogP contribution in [0.25, 0.3) is 0 Å². The summed E-state index contributed by atoms with van der Waals surface area (Å²) in [7, 11) is 4.15. The monoisotopic (exact) mass is 200 g/mol. The number of aliphatic hydroxyl groups is 1. The van der Waals surface area contributed by atoms with Crippen molar-refractivity contribution in [2.75, 3.05) is 33.8 Å². The molecule has 0 aliphatic heterocycles. The van der Waals surface area contributed by atoms with Crippen LogP contribution in [-0.2, 0) is 0 Å². The van der Waals surface area contributed by atoms with E-state index in [9.17, 15) is 5.11 Å². The minimum Gasteiger partial charge on any atom is -0.394 e. The molecule has 0 heterocycles. The second-order valence-corrected chi connectivity index (χ2v) is 4.84. The van der Waals surface area contributed by atoms with Crippen LogP contribution in [0.3, 0.4) is 0 Å². The Morgan fingerprint density at radius 1 is 1.50 bits per heavy atom. The van der Waals surface area contributed by atoms with Gasteiger partial charge in [-0.15, -0.1) is 0 Å². The molecular formula is C11H24N2O. The summed E-state index contributed by atoms with van der Waals surface area (Å²) in [5.74, 6) is 0.606. The molecule has 3 nitrogen and oxygen atoms in total. The highest BCUT2D eigenvalue weighted by Crippen LogP contribution is 2.34. The van der Waals surface area contributed by atoms with Crippen molar-refractivity contribution >= 4 is 0 Å². The highest BCUT2D eigenvalue weighted by Gasteiger charge is 2.38. The lowest BCUT2D eigenvalue weighted by atomic mass is 9.89. The number of nitrogens with zero attached hydrogens (tertiary/aromatic N) is 1. The third-order valence-electron chi connectivity index (χ3n) is 3.52. The molecule has 3 heteroatoms. The predicted octanol–water partition coefficient (Wildman–Crippen LogP) is 0.689. The van der Waals surface area contributed by atoms with Gasteiger partial charge in [0.25, 0.3) is 0 Å². The van der Waals surface area contributed by atoms with Crippen LogP contribution in [0, 0.1) is 5.92 Å². The minimum atomic E-state index is 0.00993. The first kappa shape index (κ1) is 12.0. The molecule has 0 aromatic carbocycles. The molecule has 84 valence electrons. The lowest BCUT2D eigenvalue weighted by Crippen LogP contribution is -2.52. The molecule has 1 rings (SSSR count). The van der Waals surface area contributed by atoms with Crippen LogP contribution >= 0.6 is 0 Å². The van der Waals surface area contributed by atoms with E-state index >= 15 is 0 Å². The zero-order valence-corrected chi connectivity index (χ0v) is 9.71. The summed E-state index contributed by atoms with van der Waals surface area (Å²) in [6.07, 6.45) is 3.62. The summed E-state index contributed by atoms with van der Waals surface area (Å²) in [5, 5.41) is 13.0. The molecule has 2 atom stereocenters. The van der Waals surface area contributed by atoms with Crippen molar-refractivity contribution in [2.24, 2.45) is 5.92 Å². The van der Waals surface area contributed by atoms with Gasteiger partial charge in [-0.25, -0.2) is 0 Å². The Labute approximate surface area is 87.5 Å². The Bertz CT molecular complexity index is 173. The van der Waals surface area contributed by atoms with Crippen molar-refractivity contribution in [2.45, 2.75) is 31.7 Å². The van der Waals surface area contributed by atoms with Gasteiger partial charge in [0.2, 0.25) is 0 Å². The number of likely N-dealkylation sites (N-methyl/N-ethyl adjacent to an activating group) is 1. The van der Waals surface area contributed by atoms with Gasteiger partial charge < -0.3 is 15.3 Å². The van der Waals surface area contributed by atoms with E-state index in [0.29, 0.717) is 5.92 Å². The van der Waals surface area contributed by atoms with Gasteiger partial charge in [-0.3, -0.25) is 0 Å². The molecule has 2 unspecified atom stereocenters. The average molecular weight is 200 g/mol. The normalized spacial score (nSPS) is 32.8. The first-order valence-corrected chi connectivity index (χ1v) is 5.61. The third kappa shape index (κ3) is 2.69. The summed E-state index contributed by atoms with van der Waals surface area (Å²) < 4.78 is 0. The van der Waals surface area contributed by atoms with E-state index in [1.54, 1.807) is 0 Å². The molecule has 0 aromatic rings. The Morgan fingerprint density at radius 2 is 2.21 bits per heavy atom. The van der Waals surface area contributed by atoms with Crippen LogP contribution in [-0.4, -0.2) is 49.3 Å². The molecule has 0 amide bonds. The number of hydrogen-bond acceptors (Lipinski definition) is 3. The molecule has 1 saturated carbocycles. The smallest absolute Gasteiger partial charge is 0.0615 e. The van der Waals surface area contributed by atoms with Crippen LogP contribution in [0.15, 0.2) is 0 Å². The lowest BCUT2D eigenvalue weighted by Gasteiger charge is -2.33. The maximum atomic E-state index is 9.48. The van der Waals surface area contributed by atoms with E-state index in [0.717, 1.165) is 19.5 Å². The zero-order chi connectivity index (χ0) is 10.6. The maximum absolute atomic E-state index is 9.48. The SMILES string of the molecule is CC1CCCC1(CO)NCCN(C)C. The van der Waals surface area contributed by atoms with Gasteiger partial charge in [-0.1, -0.05) is 13.3 Å². The van der Waals surface area contributed by atoms with E-state index in [1.165, 1.54) is 12.8 Å². The first-order valence-electron chi connectivity index (χ1n) is 5.61. The average Bonchev–Trinajstić information content (AvgIpc) is 2.48. The van der Waals surface area contributed by atoms with E-state index < -0.39 is 0 Å². The second-order valence-electron chi connectivity index (χ2n) is 4.84. The zero-order valence-electron chi connectivity index (χ0n) is 9.71. The van der Waals surface area contributed by atoms with E-state index in [4.69, 9.17) is 0 Å². The van der Waals surface area contributed by atoms with Gasteiger partial charge in [0, 0.05) is 18.6 Å². The molecule has 0 aromatic heterocycles. The molecule has 14 heavy (non-hydrogen) atoms. The Hall–Kier alpha value is -0.120. The van der Waals surface area contributed by atoms with Gasteiger partial charge in [-0.2, -0.15) is 0 Å². The van der Waals surface area contributed by atoms with Crippen LogP contribution in [0.1, 0.15) is 26.2 Å². The summed E-state index contributed by atoms with van der Waals surface area (Å²) in [6, 6.07) is 0. The van der Waals surface area contributed by atoms with Crippen molar-refractivity contribution in [3.8, 4) is 0 Å². The van der Waals surface area contributed by atoms with Crippen LogP contribution in [0.4, 0.5) is 0 Å². The third-order valence-corrected chi connectivity index (χ3v) is 3.52. The van der Waals surface area contributed by atoms with Gasteiger partial charge in [0.05, 0.1) is 6.61 Å². The number of nitrogens with one attached hydrogen (secondary N) is 1. The van der Waals surface area contributed by atoms with Crippen molar-refractivity contribution < 1.29 is 5.11 Å². The van der Waals surface area contributed by atoms with Gasteiger partial charge in [0.1, 0.15) is 0 Å². The lowest BCUT2D eigenvalue weighted by molar-refractivity contribution is 0.128. The highest BCUT2D eigenvalue weighted by atomic mass is 16.3. The highest BCUT2D eigenvalue weighted by molar-refractivity contribution is 4.97. The molecule has 2 N–H and O–H groups in total. The summed E-state index contributed by atoms with van der Waals surface area (Å²) in [4.78, 5) is 2.16. The number of rotatable bonds is 5. The summed E-state index contributed by atoms with van der Waals surface area (Å²) in [5.41, 5.74) is 0.00993. The molecule has 1 aliphatic carbocycles.